The molecule has 0 fully saturated rings. The Morgan fingerprint density at radius 1 is 1.07 bits per heavy atom. The lowest BCUT2D eigenvalue weighted by Crippen LogP contribution is -2.14. The van der Waals surface area contributed by atoms with E-state index in [1.54, 1.807) is 30.3 Å². The zero-order chi connectivity index (χ0) is 20.3. The molecule has 0 saturated heterocycles. The molecule has 0 bridgehead atoms. The fourth-order valence-electron chi connectivity index (χ4n) is 2.61. The van der Waals surface area contributed by atoms with Crippen molar-refractivity contribution in [2.75, 3.05) is 10.0 Å². The average molecular weight is 417 g/mol. The molecule has 7 nitrogen and oxygen atoms in total. The van der Waals surface area contributed by atoms with E-state index in [2.05, 4.69) is 20.2 Å². The van der Waals surface area contributed by atoms with Crippen LogP contribution in [0, 0.1) is 6.92 Å². The molecule has 3 aromatic rings. The molecule has 0 unspecified atom stereocenters. The van der Waals surface area contributed by atoms with Gasteiger partial charge in [-0.2, -0.15) is 8.42 Å². The summed E-state index contributed by atoms with van der Waals surface area (Å²) in [7, 11) is -3.91. The van der Waals surface area contributed by atoms with Gasteiger partial charge in [0, 0.05) is 5.56 Å². The van der Waals surface area contributed by atoms with Gasteiger partial charge < -0.3 is 0 Å². The maximum Gasteiger partial charge on any atom is 0.291 e. The second-order valence-corrected chi connectivity index (χ2v) is 9.38. The molecule has 0 radical (unpaired) electrons. The highest BCUT2D eigenvalue weighted by Gasteiger charge is 2.22. The largest absolute Gasteiger partial charge is 0.296 e. The van der Waals surface area contributed by atoms with Crippen LogP contribution in [0.1, 0.15) is 41.3 Å². The van der Waals surface area contributed by atoms with Gasteiger partial charge in [-0.1, -0.05) is 61.1 Å². The minimum absolute atomic E-state index is 0.115. The molecular weight excluding hydrogens is 396 g/mol. The summed E-state index contributed by atoms with van der Waals surface area (Å²) in [5.74, 6) is -0.223. The van der Waals surface area contributed by atoms with Gasteiger partial charge in [-0.15, -0.1) is 10.2 Å². The third-order valence-corrected chi connectivity index (χ3v) is 6.54. The number of anilines is 2. The van der Waals surface area contributed by atoms with E-state index in [1.165, 1.54) is 0 Å². The van der Waals surface area contributed by atoms with Crippen LogP contribution in [0.15, 0.2) is 52.9 Å². The first kappa shape index (κ1) is 20.0. The van der Waals surface area contributed by atoms with Crippen LogP contribution in [0.5, 0.6) is 0 Å². The monoisotopic (exact) mass is 416 g/mol. The van der Waals surface area contributed by atoms with Gasteiger partial charge in [-0.3, -0.25) is 14.8 Å². The molecule has 9 heteroatoms. The highest BCUT2D eigenvalue weighted by Crippen LogP contribution is 2.28. The van der Waals surface area contributed by atoms with E-state index in [4.69, 9.17) is 0 Å². The Hall–Kier alpha value is -2.78. The maximum absolute atomic E-state index is 12.7. The molecular formula is C19H20N4O3S2. The number of carbonyl (C=O) groups is 1. The van der Waals surface area contributed by atoms with Gasteiger partial charge in [0.05, 0.1) is 5.69 Å². The highest BCUT2D eigenvalue weighted by molar-refractivity contribution is 7.94. The number of rotatable bonds is 6. The standard InChI is InChI=1S/C19H20N4O3S2/c1-12(2)15-9-4-5-10-16(15)23-28(25,26)19-22-21-18(27-19)20-17(24)14-8-6-7-13(3)11-14/h4-12,23H,1-3H3,(H,20,21,24). The Morgan fingerprint density at radius 3 is 2.54 bits per heavy atom. The smallest absolute Gasteiger partial charge is 0.291 e. The number of hydrogen-bond acceptors (Lipinski definition) is 6. The number of aromatic nitrogens is 2. The number of nitrogens with zero attached hydrogens (tertiary/aromatic N) is 2. The molecule has 0 atom stereocenters. The van der Waals surface area contributed by atoms with Crippen LogP contribution in [0.3, 0.4) is 0 Å². The number of sulfonamides is 1. The molecule has 2 aromatic carbocycles. The summed E-state index contributed by atoms with van der Waals surface area (Å²) in [4.78, 5) is 12.3. The third-order valence-electron chi connectivity index (χ3n) is 3.96. The maximum atomic E-state index is 12.7. The SMILES string of the molecule is Cc1cccc(C(=O)Nc2nnc(S(=O)(=O)Nc3ccccc3C(C)C)s2)c1. The quantitative estimate of drug-likeness (QED) is 0.591. The van der Waals surface area contributed by atoms with Crippen molar-refractivity contribution in [1.29, 1.82) is 0 Å². The summed E-state index contributed by atoms with van der Waals surface area (Å²) in [6.07, 6.45) is 0. The molecule has 0 spiro atoms. The van der Waals surface area contributed by atoms with Crippen molar-refractivity contribution < 1.29 is 13.2 Å². The molecule has 2 N–H and O–H groups in total. The van der Waals surface area contributed by atoms with Gasteiger partial charge in [-0.05, 0) is 36.6 Å². The van der Waals surface area contributed by atoms with E-state index >= 15 is 0 Å². The van der Waals surface area contributed by atoms with Crippen LogP contribution >= 0.6 is 11.3 Å². The lowest BCUT2D eigenvalue weighted by Gasteiger charge is -2.13. The summed E-state index contributed by atoms with van der Waals surface area (Å²) in [6.45, 7) is 5.85. The zero-order valence-corrected chi connectivity index (χ0v) is 17.3. The van der Waals surface area contributed by atoms with Crippen LogP contribution in [0.25, 0.3) is 0 Å². The van der Waals surface area contributed by atoms with Crippen molar-refractivity contribution >= 4 is 38.1 Å². The molecule has 1 aromatic heterocycles. The van der Waals surface area contributed by atoms with Gasteiger partial charge in [0.15, 0.2) is 0 Å². The first-order valence-electron chi connectivity index (χ1n) is 8.59. The summed E-state index contributed by atoms with van der Waals surface area (Å²) in [5, 5.41) is 10.2. The van der Waals surface area contributed by atoms with E-state index in [9.17, 15) is 13.2 Å². The summed E-state index contributed by atoms with van der Waals surface area (Å²) >= 11 is 0.796. The van der Waals surface area contributed by atoms with Crippen molar-refractivity contribution in [3.8, 4) is 0 Å². The van der Waals surface area contributed by atoms with Crippen molar-refractivity contribution in [2.24, 2.45) is 0 Å². The van der Waals surface area contributed by atoms with E-state index in [0.717, 1.165) is 22.5 Å². The van der Waals surface area contributed by atoms with Crippen LogP contribution in [-0.2, 0) is 10.0 Å². The Balaban J connectivity index is 1.78. The van der Waals surface area contributed by atoms with E-state index in [0.29, 0.717) is 11.3 Å². The highest BCUT2D eigenvalue weighted by atomic mass is 32.2. The summed E-state index contributed by atoms with van der Waals surface area (Å²) < 4.78 is 27.7. The number of carbonyl (C=O) groups excluding carboxylic acids is 1. The second kappa shape index (κ2) is 8.07. The predicted molar refractivity (Wildman–Crippen MR) is 110 cm³/mol. The van der Waals surface area contributed by atoms with Crippen molar-refractivity contribution in [3.05, 3.63) is 65.2 Å². The van der Waals surface area contributed by atoms with Crippen molar-refractivity contribution in [2.45, 2.75) is 31.0 Å². The van der Waals surface area contributed by atoms with Gasteiger partial charge in [0.1, 0.15) is 0 Å². The van der Waals surface area contributed by atoms with E-state index in [-0.39, 0.29) is 21.3 Å². The molecule has 3 rings (SSSR count). The van der Waals surface area contributed by atoms with Gasteiger partial charge in [-0.25, -0.2) is 0 Å². The summed E-state index contributed by atoms with van der Waals surface area (Å²) in [5.41, 5.74) is 2.78. The molecule has 1 heterocycles. The minimum atomic E-state index is -3.91. The molecule has 0 aliphatic rings. The molecule has 146 valence electrons. The van der Waals surface area contributed by atoms with E-state index < -0.39 is 10.0 Å². The van der Waals surface area contributed by atoms with Crippen LogP contribution in [-0.4, -0.2) is 24.5 Å². The van der Waals surface area contributed by atoms with Gasteiger partial charge in [0.25, 0.3) is 20.3 Å². The summed E-state index contributed by atoms with van der Waals surface area (Å²) in [6, 6.07) is 14.3. The topological polar surface area (TPSA) is 101 Å². The first-order valence-corrected chi connectivity index (χ1v) is 10.9. The molecule has 0 aliphatic carbocycles. The predicted octanol–water partition coefficient (Wildman–Crippen LogP) is 4.02. The Bertz CT molecular complexity index is 1110. The Kier molecular flexibility index (Phi) is 5.76. The lowest BCUT2D eigenvalue weighted by molar-refractivity contribution is 0.102. The normalized spacial score (nSPS) is 11.4. The van der Waals surface area contributed by atoms with E-state index in [1.807, 2.05) is 39.0 Å². The Morgan fingerprint density at radius 2 is 1.82 bits per heavy atom. The lowest BCUT2D eigenvalue weighted by atomic mass is 10.0. The Labute approximate surface area is 167 Å². The van der Waals surface area contributed by atoms with Gasteiger partial charge >= 0.3 is 0 Å². The average Bonchev–Trinajstić information content (AvgIpc) is 3.11. The van der Waals surface area contributed by atoms with Crippen LogP contribution in [0.2, 0.25) is 0 Å². The van der Waals surface area contributed by atoms with Crippen LogP contribution in [0.4, 0.5) is 10.8 Å². The van der Waals surface area contributed by atoms with Crippen molar-refractivity contribution in [1.82, 2.24) is 10.2 Å². The fourth-order valence-corrected chi connectivity index (χ4v) is 4.59. The second-order valence-electron chi connectivity index (χ2n) is 6.54. The third kappa shape index (κ3) is 4.55. The van der Waals surface area contributed by atoms with Gasteiger partial charge in [0.2, 0.25) is 5.13 Å². The number of benzene rings is 2. The number of para-hydroxylation sites is 1. The molecule has 0 saturated carbocycles. The first-order chi connectivity index (χ1) is 13.3. The number of aryl methyl sites for hydroxylation is 1. The minimum Gasteiger partial charge on any atom is -0.296 e. The molecule has 28 heavy (non-hydrogen) atoms. The number of nitrogens with one attached hydrogen (secondary N) is 2. The molecule has 1 amide bonds. The number of amides is 1. The zero-order valence-electron chi connectivity index (χ0n) is 15.6. The van der Waals surface area contributed by atoms with Crippen LogP contribution < -0.4 is 10.0 Å². The van der Waals surface area contributed by atoms with Crippen molar-refractivity contribution in [3.63, 3.8) is 0 Å². The number of hydrogen-bond donors (Lipinski definition) is 2. The fraction of sp³-hybridized carbons (Fsp3) is 0.211. The molecule has 0 aliphatic heterocycles.